The highest BCUT2D eigenvalue weighted by Crippen LogP contribution is 2.30. The second kappa shape index (κ2) is 7.39. The van der Waals surface area contributed by atoms with Gasteiger partial charge in [-0.15, -0.1) is 0 Å². The first-order valence-corrected chi connectivity index (χ1v) is 7.59. The third-order valence-electron chi connectivity index (χ3n) is 4.33. The predicted molar refractivity (Wildman–Crippen MR) is 80.4 cm³/mol. The molecule has 0 spiro atoms. The number of pyridine rings is 1. The van der Waals surface area contributed by atoms with E-state index in [4.69, 9.17) is 0 Å². The van der Waals surface area contributed by atoms with Crippen molar-refractivity contribution in [3.05, 3.63) is 30.1 Å². The summed E-state index contributed by atoms with van der Waals surface area (Å²) >= 11 is 0. The topological polar surface area (TPSA) is 54.0 Å². The van der Waals surface area contributed by atoms with E-state index in [0.29, 0.717) is 13.0 Å². The van der Waals surface area contributed by atoms with E-state index < -0.39 is 0 Å². The molecule has 2 N–H and O–H groups in total. The molecule has 0 saturated heterocycles. The molecule has 1 heterocycles. The molecule has 1 saturated carbocycles. The average molecular weight is 275 g/mol. The lowest BCUT2D eigenvalue weighted by atomic mass is 9.79. The van der Waals surface area contributed by atoms with Crippen LogP contribution in [-0.2, 0) is 11.2 Å². The molecule has 0 bridgehead atoms. The number of nitrogens with one attached hydrogen (secondary N) is 2. The zero-order chi connectivity index (χ0) is 14.3. The van der Waals surface area contributed by atoms with E-state index in [1.807, 2.05) is 19.2 Å². The van der Waals surface area contributed by atoms with Crippen LogP contribution < -0.4 is 10.6 Å². The molecule has 1 amide bonds. The Morgan fingerprint density at radius 3 is 2.60 bits per heavy atom. The summed E-state index contributed by atoms with van der Waals surface area (Å²) in [4.78, 5) is 16.1. The smallest absolute Gasteiger partial charge is 0.221 e. The lowest BCUT2D eigenvalue weighted by Gasteiger charge is -2.36. The van der Waals surface area contributed by atoms with Crippen molar-refractivity contribution in [1.29, 1.82) is 0 Å². The summed E-state index contributed by atoms with van der Waals surface area (Å²) in [6.45, 7) is 0.697. The maximum atomic E-state index is 12.1. The van der Waals surface area contributed by atoms with Crippen LogP contribution >= 0.6 is 0 Å². The highest BCUT2D eigenvalue weighted by Gasteiger charge is 2.32. The molecule has 20 heavy (non-hydrogen) atoms. The molecule has 0 aromatic carbocycles. The van der Waals surface area contributed by atoms with Gasteiger partial charge in [0.2, 0.25) is 5.91 Å². The van der Waals surface area contributed by atoms with Gasteiger partial charge in [-0.2, -0.15) is 0 Å². The van der Waals surface area contributed by atoms with Gasteiger partial charge in [0, 0.05) is 30.9 Å². The van der Waals surface area contributed by atoms with Crippen molar-refractivity contribution >= 4 is 5.91 Å². The fourth-order valence-electron chi connectivity index (χ4n) is 3.01. The van der Waals surface area contributed by atoms with E-state index in [0.717, 1.165) is 19.3 Å². The van der Waals surface area contributed by atoms with Crippen molar-refractivity contribution < 1.29 is 4.79 Å². The van der Waals surface area contributed by atoms with E-state index >= 15 is 0 Å². The number of aromatic nitrogens is 1. The Kier molecular flexibility index (Phi) is 5.53. The number of hydrogen-bond acceptors (Lipinski definition) is 3. The Balaban J connectivity index is 1.74. The summed E-state index contributed by atoms with van der Waals surface area (Å²) in [5.74, 6) is 0.162. The molecule has 4 nitrogen and oxygen atoms in total. The van der Waals surface area contributed by atoms with Gasteiger partial charge in [-0.3, -0.25) is 9.78 Å². The number of amides is 1. The van der Waals surface area contributed by atoms with Crippen LogP contribution in [0.4, 0.5) is 0 Å². The first kappa shape index (κ1) is 15.0. The molecule has 1 aliphatic carbocycles. The molecule has 0 aliphatic heterocycles. The van der Waals surface area contributed by atoms with Gasteiger partial charge in [0.25, 0.3) is 0 Å². The molecule has 1 aromatic rings. The third kappa shape index (κ3) is 4.30. The van der Waals surface area contributed by atoms with Crippen LogP contribution in [0.2, 0.25) is 0 Å². The van der Waals surface area contributed by atoms with Gasteiger partial charge in [0.1, 0.15) is 0 Å². The summed E-state index contributed by atoms with van der Waals surface area (Å²) in [6, 6.07) is 3.98. The number of nitrogens with zero attached hydrogens (tertiary/aromatic N) is 1. The van der Waals surface area contributed by atoms with Gasteiger partial charge in [0.15, 0.2) is 0 Å². The van der Waals surface area contributed by atoms with Crippen LogP contribution in [0.15, 0.2) is 24.5 Å². The number of carbonyl (C=O) groups excluding carboxylic acids is 1. The Morgan fingerprint density at radius 2 is 1.95 bits per heavy atom. The van der Waals surface area contributed by atoms with Crippen molar-refractivity contribution in [1.82, 2.24) is 15.6 Å². The molecular weight excluding hydrogens is 250 g/mol. The lowest BCUT2D eigenvalue weighted by Crippen LogP contribution is -2.48. The van der Waals surface area contributed by atoms with Gasteiger partial charge in [-0.05, 0) is 44.0 Å². The summed E-state index contributed by atoms with van der Waals surface area (Å²) in [6.07, 6.45) is 11.0. The van der Waals surface area contributed by atoms with Gasteiger partial charge >= 0.3 is 0 Å². The van der Waals surface area contributed by atoms with Crippen LogP contribution in [0, 0.1) is 0 Å². The molecule has 0 atom stereocenters. The van der Waals surface area contributed by atoms with Crippen LogP contribution in [0.1, 0.15) is 44.1 Å². The highest BCUT2D eigenvalue weighted by molar-refractivity contribution is 5.77. The fourth-order valence-corrected chi connectivity index (χ4v) is 3.01. The Morgan fingerprint density at radius 1 is 1.25 bits per heavy atom. The maximum absolute atomic E-state index is 12.1. The average Bonchev–Trinajstić information content (AvgIpc) is 2.49. The van der Waals surface area contributed by atoms with E-state index in [1.165, 1.54) is 24.8 Å². The Labute approximate surface area is 121 Å². The van der Waals surface area contributed by atoms with E-state index in [-0.39, 0.29) is 11.4 Å². The summed E-state index contributed by atoms with van der Waals surface area (Å²) in [7, 11) is 1.98. The van der Waals surface area contributed by atoms with Crippen LogP contribution in [-0.4, -0.2) is 30.0 Å². The zero-order valence-electron chi connectivity index (χ0n) is 12.3. The highest BCUT2D eigenvalue weighted by atomic mass is 16.1. The van der Waals surface area contributed by atoms with Crippen molar-refractivity contribution in [2.24, 2.45) is 0 Å². The Hall–Kier alpha value is -1.42. The van der Waals surface area contributed by atoms with Crippen LogP contribution in [0.25, 0.3) is 0 Å². The van der Waals surface area contributed by atoms with E-state index in [9.17, 15) is 4.79 Å². The normalized spacial score (nSPS) is 17.6. The van der Waals surface area contributed by atoms with Crippen molar-refractivity contribution in [3.63, 3.8) is 0 Å². The largest absolute Gasteiger partial charge is 0.356 e. The molecule has 1 fully saturated rings. The minimum Gasteiger partial charge on any atom is -0.356 e. The molecule has 1 aromatic heterocycles. The molecule has 0 unspecified atom stereocenters. The number of rotatable bonds is 6. The summed E-state index contributed by atoms with van der Waals surface area (Å²) < 4.78 is 0. The molecule has 110 valence electrons. The summed E-state index contributed by atoms with van der Waals surface area (Å²) in [5.41, 5.74) is 1.24. The van der Waals surface area contributed by atoms with Crippen molar-refractivity contribution in [2.45, 2.75) is 50.5 Å². The molecule has 0 radical (unpaired) electrons. The molecule has 1 aliphatic rings. The number of hydrogen-bond donors (Lipinski definition) is 2. The third-order valence-corrected chi connectivity index (χ3v) is 4.33. The van der Waals surface area contributed by atoms with Gasteiger partial charge in [0.05, 0.1) is 0 Å². The molecular formula is C16H25N3O. The monoisotopic (exact) mass is 275 g/mol. The Bertz CT molecular complexity index is 413. The molecule has 2 rings (SSSR count). The van der Waals surface area contributed by atoms with Gasteiger partial charge in [-0.1, -0.05) is 19.3 Å². The van der Waals surface area contributed by atoms with E-state index in [1.54, 1.807) is 12.4 Å². The minimum atomic E-state index is 0.0268. The number of carbonyl (C=O) groups is 1. The van der Waals surface area contributed by atoms with E-state index in [2.05, 4.69) is 15.6 Å². The van der Waals surface area contributed by atoms with Gasteiger partial charge < -0.3 is 10.6 Å². The fraction of sp³-hybridized carbons (Fsp3) is 0.625. The maximum Gasteiger partial charge on any atom is 0.221 e. The van der Waals surface area contributed by atoms with Crippen molar-refractivity contribution in [3.8, 4) is 0 Å². The first-order chi connectivity index (χ1) is 9.74. The van der Waals surface area contributed by atoms with Crippen LogP contribution in [0.3, 0.4) is 0 Å². The second-order valence-corrected chi connectivity index (χ2v) is 5.72. The van der Waals surface area contributed by atoms with Crippen LogP contribution in [0.5, 0.6) is 0 Å². The summed E-state index contributed by atoms with van der Waals surface area (Å²) in [5, 5.41) is 6.43. The second-order valence-electron chi connectivity index (χ2n) is 5.72. The SMILES string of the molecule is CNC1(CC(=O)NCCc2ccncc2)CCCCC1. The minimum absolute atomic E-state index is 0.0268. The lowest BCUT2D eigenvalue weighted by molar-refractivity contribution is -0.122. The first-order valence-electron chi connectivity index (χ1n) is 7.59. The zero-order valence-corrected chi connectivity index (χ0v) is 12.3. The standard InChI is InChI=1S/C16H25N3O/c1-17-16(8-3-2-4-9-16)13-15(20)19-12-7-14-5-10-18-11-6-14/h5-6,10-11,17H,2-4,7-9,12-13H2,1H3,(H,19,20). The van der Waals surface area contributed by atoms with Gasteiger partial charge in [-0.25, -0.2) is 0 Å². The van der Waals surface area contributed by atoms with Crippen molar-refractivity contribution in [2.75, 3.05) is 13.6 Å². The quantitative estimate of drug-likeness (QED) is 0.835. The predicted octanol–water partition coefficient (Wildman–Crippen LogP) is 2.05. The molecule has 4 heteroatoms.